The molecule has 1 heterocycles. The van der Waals surface area contributed by atoms with Gasteiger partial charge in [0.2, 0.25) is 5.82 Å². The van der Waals surface area contributed by atoms with Gasteiger partial charge in [0.15, 0.2) is 11.5 Å². The molecule has 0 bridgehead atoms. The Morgan fingerprint density at radius 2 is 1.88 bits per heavy atom. The third-order valence-corrected chi connectivity index (χ3v) is 3.77. The summed E-state index contributed by atoms with van der Waals surface area (Å²) in [6, 6.07) is 9.21. The molecule has 0 saturated carbocycles. The maximum Gasteiger partial charge on any atom is 0.270 e. The lowest BCUT2D eigenvalue weighted by atomic mass is 10.2. The summed E-state index contributed by atoms with van der Waals surface area (Å²) in [7, 11) is 3.07. The van der Waals surface area contributed by atoms with Crippen LogP contribution in [0.25, 0.3) is 22.8 Å². The van der Waals surface area contributed by atoms with Crippen LogP contribution in [-0.4, -0.2) is 29.3 Å². The van der Waals surface area contributed by atoms with Crippen molar-refractivity contribution in [2.45, 2.75) is 0 Å². The number of non-ortho nitro benzene ring substituents is 1. The minimum atomic E-state index is -0.529. The van der Waals surface area contributed by atoms with Crippen LogP contribution in [0.3, 0.4) is 0 Å². The van der Waals surface area contributed by atoms with Crippen LogP contribution in [0.2, 0.25) is 5.02 Å². The molecular formula is C16H12ClN3O5. The van der Waals surface area contributed by atoms with E-state index in [-0.39, 0.29) is 16.6 Å². The highest BCUT2D eigenvalue weighted by Gasteiger charge is 2.17. The van der Waals surface area contributed by atoms with Crippen molar-refractivity contribution >= 4 is 17.3 Å². The highest BCUT2D eigenvalue weighted by molar-refractivity contribution is 6.33. The summed E-state index contributed by atoms with van der Waals surface area (Å²) in [5.74, 6) is 1.59. The van der Waals surface area contributed by atoms with Crippen LogP contribution in [0.15, 0.2) is 40.9 Å². The number of benzene rings is 2. The van der Waals surface area contributed by atoms with Crippen LogP contribution < -0.4 is 9.47 Å². The zero-order chi connectivity index (χ0) is 18.0. The molecule has 2 aromatic carbocycles. The molecule has 25 heavy (non-hydrogen) atoms. The van der Waals surface area contributed by atoms with Crippen molar-refractivity contribution in [2.75, 3.05) is 14.2 Å². The Kier molecular flexibility index (Phi) is 4.53. The van der Waals surface area contributed by atoms with Crippen molar-refractivity contribution < 1.29 is 18.9 Å². The molecule has 3 aromatic rings. The second kappa shape index (κ2) is 6.78. The average molecular weight is 362 g/mol. The number of hydrogen-bond donors (Lipinski definition) is 0. The smallest absolute Gasteiger partial charge is 0.270 e. The van der Waals surface area contributed by atoms with E-state index in [0.717, 1.165) is 0 Å². The van der Waals surface area contributed by atoms with Crippen LogP contribution in [0.1, 0.15) is 0 Å². The molecule has 0 spiro atoms. The topological polar surface area (TPSA) is 101 Å². The number of ether oxygens (including phenoxy) is 2. The fourth-order valence-corrected chi connectivity index (χ4v) is 2.47. The quantitative estimate of drug-likeness (QED) is 0.500. The van der Waals surface area contributed by atoms with Gasteiger partial charge in [0.25, 0.3) is 11.6 Å². The summed E-state index contributed by atoms with van der Waals surface area (Å²) in [6.45, 7) is 0. The fourth-order valence-electron chi connectivity index (χ4n) is 2.22. The number of nitrogens with zero attached hydrogens (tertiary/aromatic N) is 3. The van der Waals surface area contributed by atoms with E-state index in [0.29, 0.717) is 28.5 Å². The van der Waals surface area contributed by atoms with Crippen molar-refractivity contribution in [2.24, 2.45) is 0 Å². The number of nitro groups is 1. The molecule has 0 N–H and O–H groups in total. The van der Waals surface area contributed by atoms with Gasteiger partial charge in [-0.1, -0.05) is 16.8 Å². The summed E-state index contributed by atoms with van der Waals surface area (Å²) in [5.41, 5.74) is 0.950. The minimum absolute atomic E-state index is 0.117. The van der Waals surface area contributed by atoms with Crippen molar-refractivity contribution in [3.05, 3.63) is 51.5 Å². The van der Waals surface area contributed by atoms with Gasteiger partial charge in [-0.15, -0.1) is 0 Å². The van der Waals surface area contributed by atoms with Crippen LogP contribution in [0, 0.1) is 10.1 Å². The maximum atomic E-state index is 10.8. The first kappa shape index (κ1) is 16.7. The Balaban J connectivity index is 1.97. The molecule has 0 aliphatic rings. The van der Waals surface area contributed by atoms with Crippen LogP contribution in [0.5, 0.6) is 11.5 Å². The highest BCUT2D eigenvalue weighted by Crippen LogP contribution is 2.34. The van der Waals surface area contributed by atoms with Crippen LogP contribution in [0.4, 0.5) is 5.69 Å². The molecule has 9 heteroatoms. The van der Waals surface area contributed by atoms with Gasteiger partial charge < -0.3 is 14.0 Å². The Morgan fingerprint density at radius 1 is 1.12 bits per heavy atom. The van der Waals surface area contributed by atoms with Gasteiger partial charge in [-0.2, -0.15) is 4.98 Å². The van der Waals surface area contributed by atoms with Crippen LogP contribution >= 0.6 is 11.6 Å². The van der Waals surface area contributed by atoms with Gasteiger partial charge in [-0.3, -0.25) is 10.1 Å². The molecule has 0 saturated heterocycles. The third kappa shape index (κ3) is 3.24. The van der Waals surface area contributed by atoms with E-state index in [1.165, 1.54) is 25.3 Å². The number of aromatic nitrogens is 2. The number of hydrogen-bond acceptors (Lipinski definition) is 7. The van der Waals surface area contributed by atoms with E-state index < -0.39 is 4.92 Å². The molecule has 0 aliphatic heterocycles. The lowest BCUT2D eigenvalue weighted by Gasteiger charge is -2.07. The summed E-state index contributed by atoms with van der Waals surface area (Å²) in [4.78, 5) is 14.5. The summed E-state index contributed by atoms with van der Waals surface area (Å²) in [6.07, 6.45) is 0. The normalized spacial score (nSPS) is 10.5. The molecule has 0 fully saturated rings. The van der Waals surface area contributed by atoms with E-state index in [9.17, 15) is 10.1 Å². The van der Waals surface area contributed by atoms with Crippen molar-refractivity contribution in [3.8, 4) is 34.3 Å². The molecule has 8 nitrogen and oxygen atoms in total. The Morgan fingerprint density at radius 3 is 2.52 bits per heavy atom. The first-order chi connectivity index (χ1) is 12.0. The van der Waals surface area contributed by atoms with Gasteiger partial charge in [-0.25, -0.2) is 0 Å². The van der Waals surface area contributed by atoms with E-state index in [4.69, 9.17) is 25.6 Å². The largest absolute Gasteiger partial charge is 0.493 e. The van der Waals surface area contributed by atoms with Gasteiger partial charge in [0.05, 0.1) is 29.7 Å². The van der Waals surface area contributed by atoms with Gasteiger partial charge >= 0.3 is 0 Å². The standard InChI is InChI=1S/C16H12ClN3O5/c1-23-13-6-3-9(7-14(13)24-2)15-18-16(25-19-15)11-5-4-10(20(21)22)8-12(11)17/h3-8H,1-2H3. The molecule has 0 atom stereocenters. The molecular weight excluding hydrogens is 350 g/mol. The molecule has 0 unspecified atom stereocenters. The van der Waals surface area contributed by atoms with Gasteiger partial charge in [0, 0.05) is 17.7 Å². The fraction of sp³-hybridized carbons (Fsp3) is 0.125. The molecule has 3 rings (SSSR count). The lowest BCUT2D eigenvalue weighted by molar-refractivity contribution is -0.384. The SMILES string of the molecule is COc1ccc(-c2noc(-c3ccc([N+](=O)[O-])cc3Cl)n2)cc1OC. The highest BCUT2D eigenvalue weighted by atomic mass is 35.5. The van der Waals surface area contributed by atoms with Gasteiger partial charge in [0.1, 0.15) is 0 Å². The van der Waals surface area contributed by atoms with Crippen molar-refractivity contribution in [1.82, 2.24) is 10.1 Å². The Labute approximate surface area is 147 Å². The van der Waals surface area contributed by atoms with Crippen LogP contribution in [-0.2, 0) is 0 Å². The second-order valence-corrected chi connectivity index (χ2v) is 5.32. The third-order valence-electron chi connectivity index (χ3n) is 3.46. The maximum absolute atomic E-state index is 10.8. The predicted octanol–water partition coefficient (Wildman–Crippen LogP) is 3.98. The van der Waals surface area contributed by atoms with Crippen molar-refractivity contribution in [3.63, 3.8) is 0 Å². The van der Waals surface area contributed by atoms with Gasteiger partial charge in [-0.05, 0) is 24.3 Å². The monoisotopic (exact) mass is 361 g/mol. The second-order valence-electron chi connectivity index (χ2n) is 4.91. The lowest BCUT2D eigenvalue weighted by Crippen LogP contribution is -1.91. The molecule has 0 amide bonds. The number of methoxy groups -OCH3 is 2. The van der Waals surface area contributed by atoms with E-state index >= 15 is 0 Å². The van der Waals surface area contributed by atoms with E-state index in [2.05, 4.69) is 10.1 Å². The van der Waals surface area contributed by atoms with Crippen molar-refractivity contribution in [1.29, 1.82) is 0 Å². The Hall–Kier alpha value is -3.13. The van der Waals surface area contributed by atoms with E-state index in [1.54, 1.807) is 25.3 Å². The first-order valence-corrected chi connectivity index (χ1v) is 7.41. The zero-order valence-electron chi connectivity index (χ0n) is 13.2. The molecule has 128 valence electrons. The number of halogens is 1. The summed E-state index contributed by atoms with van der Waals surface area (Å²) in [5, 5.41) is 14.8. The molecule has 0 radical (unpaired) electrons. The first-order valence-electron chi connectivity index (χ1n) is 7.04. The number of rotatable bonds is 5. The summed E-state index contributed by atoms with van der Waals surface area (Å²) < 4.78 is 15.7. The van der Waals surface area contributed by atoms with E-state index in [1.807, 2.05) is 0 Å². The average Bonchev–Trinajstić information content (AvgIpc) is 3.10. The molecule has 0 aliphatic carbocycles. The molecule has 1 aromatic heterocycles. The summed E-state index contributed by atoms with van der Waals surface area (Å²) >= 11 is 6.08. The Bertz CT molecular complexity index is 941. The zero-order valence-corrected chi connectivity index (χ0v) is 14.0. The minimum Gasteiger partial charge on any atom is -0.493 e. The predicted molar refractivity (Wildman–Crippen MR) is 89.9 cm³/mol. The number of nitro benzene ring substituents is 1.